The van der Waals surface area contributed by atoms with Crippen LogP contribution in [0.15, 0.2) is 53.9 Å². The summed E-state index contributed by atoms with van der Waals surface area (Å²) in [6.07, 6.45) is 0. The molecule has 2 aromatic carbocycles. The second-order valence-electron chi connectivity index (χ2n) is 5.56. The molecule has 0 saturated carbocycles. The van der Waals surface area contributed by atoms with E-state index in [4.69, 9.17) is 9.84 Å². The predicted octanol–water partition coefficient (Wildman–Crippen LogP) is 3.35. The van der Waals surface area contributed by atoms with Crippen LogP contribution in [0.5, 0.6) is 5.75 Å². The van der Waals surface area contributed by atoms with Crippen LogP contribution in [0.3, 0.4) is 0 Å². The van der Waals surface area contributed by atoms with Gasteiger partial charge in [0, 0.05) is 16.6 Å². The van der Waals surface area contributed by atoms with Crippen LogP contribution in [0, 0.1) is 0 Å². The van der Waals surface area contributed by atoms with E-state index in [0.29, 0.717) is 17.0 Å². The van der Waals surface area contributed by atoms with Gasteiger partial charge in [-0.15, -0.1) is 11.3 Å². The smallest absolute Gasteiger partial charge is 0.335 e. The molecule has 0 atom stereocenters. The number of carbonyl (C=O) groups is 3. The Kier molecular flexibility index (Phi) is 5.66. The summed E-state index contributed by atoms with van der Waals surface area (Å²) in [4.78, 5) is 39.6. The lowest BCUT2D eigenvalue weighted by molar-refractivity contribution is 0.0696. The summed E-state index contributed by atoms with van der Waals surface area (Å²) in [5.74, 6) is -1.33. The number of hydrogen-bond acceptors (Lipinski definition) is 6. The summed E-state index contributed by atoms with van der Waals surface area (Å²) in [5.41, 5.74) is 0.925. The third-order valence-corrected chi connectivity index (χ3v) is 4.43. The zero-order valence-corrected chi connectivity index (χ0v) is 15.4. The number of anilines is 2. The Morgan fingerprint density at radius 2 is 1.75 bits per heavy atom. The molecule has 0 radical (unpaired) electrons. The van der Waals surface area contributed by atoms with Gasteiger partial charge in [0.25, 0.3) is 11.8 Å². The molecule has 0 bridgehead atoms. The minimum atomic E-state index is -1.09. The van der Waals surface area contributed by atoms with Crippen molar-refractivity contribution in [2.24, 2.45) is 0 Å². The quantitative estimate of drug-likeness (QED) is 0.587. The molecule has 0 aliphatic heterocycles. The molecule has 1 heterocycles. The first kappa shape index (κ1) is 19.1. The first-order chi connectivity index (χ1) is 13.5. The molecule has 2 amide bonds. The van der Waals surface area contributed by atoms with Crippen molar-refractivity contribution in [1.82, 2.24) is 4.98 Å². The number of aromatic nitrogens is 1. The van der Waals surface area contributed by atoms with Crippen molar-refractivity contribution >= 4 is 39.9 Å². The van der Waals surface area contributed by atoms with Crippen LogP contribution in [-0.4, -0.2) is 35.0 Å². The molecule has 0 saturated heterocycles. The number of ether oxygens (including phenoxy) is 1. The lowest BCUT2D eigenvalue weighted by Gasteiger charge is -2.04. The predicted molar refractivity (Wildman–Crippen MR) is 104 cm³/mol. The van der Waals surface area contributed by atoms with E-state index in [1.54, 1.807) is 30.3 Å². The molecule has 0 aliphatic carbocycles. The second-order valence-corrected chi connectivity index (χ2v) is 6.42. The van der Waals surface area contributed by atoms with Gasteiger partial charge in [-0.2, -0.15) is 0 Å². The number of rotatable bonds is 6. The van der Waals surface area contributed by atoms with Gasteiger partial charge in [0.2, 0.25) is 0 Å². The van der Waals surface area contributed by atoms with Gasteiger partial charge in [-0.1, -0.05) is 6.07 Å². The molecule has 0 aliphatic rings. The fourth-order valence-electron chi connectivity index (χ4n) is 2.27. The van der Waals surface area contributed by atoms with Gasteiger partial charge in [-0.3, -0.25) is 14.9 Å². The van der Waals surface area contributed by atoms with Gasteiger partial charge < -0.3 is 15.2 Å². The minimum Gasteiger partial charge on any atom is -0.497 e. The highest BCUT2D eigenvalue weighted by molar-refractivity contribution is 7.14. The summed E-state index contributed by atoms with van der Waals surface area (Å²) in [6, 6.07) is 12.4. The van der Waals surface area contributed by atoms with Crippen LogP contribution in [0.2, 0.25) is 0 Å². The molecule has 1 aromatic heterocycles. The molecule has 3 aromatic rings. The minimum absolute atomic E-state index is 0.0588. The Hall–Kier alpha value is -3.72. The zero-order chi connectivity index (χ0) is 20.1. The van der Waals surface area contributed by atoms with E-state index < -0.39 is 11.9 Å². The van der Waals surface area contributed by atoms with E-state index in [-0.39, 0.29) is 22.3 Å². The third-order valence-electron chi connectivity index (χ3n) is 3.68. The maximum atomic E-state index is 12.3. The fraction of sp³-hybridized carbons (Fsp3) is 0.0526. The van der Waals surface area contributed by atoms with Gasteiger partial charge in [-0.05, 0) is 42.5 Å². The normalized spacial score (nSPS) is 10.2. The van der Waals surface area contributed by atoms with Crippen molar-refractivity contribution in [2.75, 3.05) is 17.7 Å². The third kappa shape index (κ3) is 4.51. The lowest BCUT2D eigenvalue weighted by atomic mass is 10.2. The molecule has 8 nitrogen and oxygen atoms in total. The van der Waals surface area contributed by atoms with Crippen molar-refractivity contribution in [2.45, 2.75) is 0 Å². The van der Waals surface area contributed by atoms with Gasteiger partial charge in [0.1, 0.15) is 11.4 Å². The zero-order valence-electron chi connectivity index (χ0n) is 14.6. The molecule has 142 valence electrons. The van der Waals surface area contributed by atoms with Crippen LogP contribution >= 0.6 is 11.3 Å². The Balaban J connectivity index is 1.65. The average molecular weight is 397 g/mol. The number of carbonyl (C=O) groups excluding carboxylic acids is 2. The van der Waals surface area contributed by atoms with Crippen LogP contribution in [0.4, 0.5) is 10.8 Å². The molecule has 9 heteroatoms. The van der Waals surface area contributed by atoms with Crippen molar-refractivity contribution in [1.29, 1.82) is 0 Å². The van der Waals surface area contributed by atoms with Gasteiger partial charge in [-0.25, -0.2) is 9.78 Å². The van der Waals surface area contributed by atoms with Crippen LogP contribution < -0.4 is 15.4 Å². The van der Waals surface area contributed by atoms with E-state index in [1.807, 2.05) is 0 Å². The van der Waals surface area contributed by atoms with E-state index in [1.165, 1.54) is 30.7 Å². The fourth-order valence-corrected chi connectivity index (χ4v) is 2.96. The van der Waals surface area contributed by atoms with Crippen molar-refractivity contribution in [3.8, 4) is 5.75 Å². The number of nitrogens with one attached hydrogen (secondary N) is 2. The van der Waals surface area contributed by atoms with Crippen LogP contribution in [0.25, 0.3) is 0 Å². The molecular weight excluding hydrogens is 382 g/mol. The molecule has 28 heavy (non-hydrogen) atoms. The summed E-state index contributed by atoms with van der Waals surface area (Å²) in [6.45, 7) is 0. The van der Waals surface area contributed by atoms with Crippen molar-refractivity contribution in [3.05, 3.63) is 70.7 Å². The summed E-state index contributed by atoms with van der Waals surface area (Å²) >= 11 is 1.10. The SMILES string of the molecule is COc1ccc(C(=O)Nc2nc(C(=O)Nc3cccc(C(=O)O)c3)cs2)cc1. The molecule has 3 rings (SSSR count). The summed E-state index contributed by atoms with van der Waals surface area (Å²) in [5, 5.41) is 16.0. The van der Waals surface area contributed by atoms with Crippen LogP contribution in [-0.2, 0) is 0 Å². The molecule has 0 spiro atoms. The monoisotopic (exact) mass is 397 g/mol. The first-order valence-corrected chi connectivity index (χ1v) is 8.90. The summed E-state index contributed by atoms with van der Waals surface area (Å²) in [7, 11) is 1.54. The highest BCUT2D eigenvalue weighted by Gasteiger charge is 2.14. The van der Waals surface area contributed by atoms with E-state index in [9.17, 15) is 14.4 Å². The standard InChI is InChI=1S/C19H15N3O5S/c1-27-14-7-5-11(6-8-14)16(23)22-19-21-15(10-28-19)17(24)20-13-4-2-3-12(9-13)18(25)26/h2-10H,1H3,(H,20,24)(H,25,26)(H,21,22,23). The Labute approximate surface area is 163 Å². The molecule has 0 unspecified atom stereocenters. The summed E-state index contributed by atoms with van der Waals surface area (Å²) < 4.78 is 5.05. The lowest BCUT2D eigenvalue weighted by Crippen LogP contribution is -2.14. The van der Waals surface area contributed by atoms with Gasteiger partial charge >= 0.3 is 5.97 Å². The number of carboxylic acids is 1. The van der Waals surface area contributed by atoms with E-state index >= 15 is 0 Å². The number of carboxylic acid groups (broad SMARTS) is 1. The van der Waals surface area contributed by atoms with E-state index in [0.717, 1.165) is 11.3 Å². The highest BCUT2D eigenvalue weighted by atomic mass is 32.1. The van der Waals surface area contributed by atoms with Crippen molar-refractivity contribution in [3.63, 3.8) is 0 Å². The Morgan fingerprint density at radius 1 is 1.00 bits per heavy atom. The number of thiazole rings is 1. The van der Waals surface area contributed by atoms with E-state index in [2.05, 4.69) is 15.6 Å². The average Bonchev–Trinajstić information content (AvgIpc) is 3.17. The maximum absolute atomic E-state index is 12.3. The topological polar surface area (TPSA) is 118 Å². The van der Waals surface area contributed by atoms with Gasteiger partial charge in [0.15, 0.2) is 5.13 Å². The second kappa shape index (κ2) is 8.31. The number of methoxy groups -OCH3 is 1. The van der Waals surface area contributed by atoms with Gasteiger partial charge in [0.05, 0.1) is 12.7 Å². The number of hydrogen-bond donors (Lipinski definition) is 3. The Morgan fingerprint density at radius 3 is 2.43 bits per heavy atom. The first-order valence-electron chi connectivity index (χ1n) is 8.02. The number of nitrogens with zero attached hydrogens (tertiary/aromatic N) is 1. The highest BCUT2D eigenvalue weighted by Crippen LogP contribution is 2.19. The maximum Gasteiger partial charge on any atom is 0.335 e. The molecule has 0 fully saturated rings. The molecular formula is C19H15N3O5S. The van der Waals surface area contributed by atoms with Crippen molar-refractivity contribution < 1.29 is 24.2 Å². The molecule has 3 N–H and O–H groups in total. The number of aromatic carboxylic acids is 1. The Bertz CT molecular complexity index is 1030. The number of benzene rings is 2. The van der Waals surface area contributed by atoms with Crippen LogP contribution in [0.1, 0.15) is 31.2 Å². The number of amides is 2. The largest absolute Gasteiger partial charge is 0.497 e.